The van der Waals surface area contributed by atoms with Gasteiger partial charge in [-0.3, -0.25) is 0 Å². The van der Waals surface area contributed by atoms with Gasteiger partial charge in [0.2, 0.25) is 10.0 Å². The first-order valence-corrected chi connectivity index (χ1v) is 9.88. The number of rotatable bonds is 4. The summed E-state index contributed by atoms with van der Waals surface area (Å²) in [5.74, 6) is 1.71. The molecule has 1 heterocycles. The van der Waals surface area contributed by atoms with Crippen LogP contribution >= 0.6 is 27.7 Å². The van der Waals surface area contributed by atoms with E-state index in [-0.39, 0.29) is 6.04 Å². The second-order valence-electron chi connectivity index (χ2n) is 4.83. The largest absolute Gasteiger partial charge is 0.316 e. The first-order chi connectivity index (χ1) is 9.46. The van der Waals surface area contributed by atoms with Crippen LogP contribution in [0, 0.1) is 0 Å². The first-order valence-electron chi connectivity index (χ1n) is 6.49. The van der Waals surface area contributed by atoms with Crippen molar-refractivity contribution in [3.8, 4) is 0 Å². The van der Waals surface area contributed by atoms with Crippen molar-refractivity contribution >= 4 is 37.7 Å². The fourth-order valence-corrected chi connectivity index (χ4v) is 6.09. The minimum absolute atomic E-state index is 0.0404. The lowest BCUT2D eigenvalue weighted by molar-refractivity contribution is 0.367. The molecule has 0 aromatic heterocycles. The van der Waals surface area contributed by atoms with Gasteiger partial charge in [0.15, 0.2) is 0 Å². The van der Waals surface area contributed by atoms with Crippen molar-refractivity contribution in [2.24, 2.45) is 0 Å². The molecular formula is C13H19BrN2O2S2. The summed E-state index contributed by atoms with van der Waals surface area (Å²) in [6.45, 7) is 3.20. The highest BCUT2D eigenvalue weighted by Gasteiger charge is 2.32. The van der Waals surface area contributed by atoms with Crippen molar-refractivity contribution < 1.29 is 8.42 Å². The number of nitrogens with zero attached hydrogens (tertiary/aromatic N) is 1. The van der Waals surface area contributed by atoms with Gasteiger partial charge < -0.3 is 5.32 Å². The lowest BCUT2D eigenvalue weighted by Crippen LogP contribution is -2.44. The molecule has 20 heavy (non-hydrogen) atoms. The molecule has 1 saturated heterocycles. The maximum atomic E-state index is 12.8. The molecule has 1 atom stereocenters. The highest BCUT2D eigenvalue weighted by Crippen LogP contribution is 2.30. The number of thioether (sulfide) groups is 1. The van der Waals surface area contributed by atoms with E-state index in [1.807, 2.05) is 26.1 Å². The van der Waals surface area contributed by atoms with Crippen LogP contribution in [0.2, 0.25) is 0 Å². The van der Waals surface area contributed by atoms with E-state index in [0.29, 0.717) is 22.5 Å². The van der Waals surface area contributed by atoms with Crippen LogP contribution in [0.3, 0.4) is 0 Å². The number of halogens is 1. The Kier molecular flexibility index (Phi) is 5.53. The van der Waals surface area contributed by atoms with Gasteiger partial charge in [-0.1, -0.05) is 6.07 Å². The van der Waals surface area contributed by atoms with Gasteiger partial charge in [-0.2, -0.15) is 16.1 Å². The van der Waals surface area contributed by atoms with E-state index in [2.05, 4.69) is 21.2 Å². The Morgan fingerprint density at radius 2 is 2.25 bits per heavy atom. The third kappa shape index (κ3) is 3.39. The van der Waals surface area contributed by atoms with Gasteiger partial charge in [0.25, 0.3) is 0 Å². The Balaban J connectivity index is 2.40. The molecule has 0 amide bonds. The quantitative estimate of drug-likeness (QED) is 0.872. The molecule has 1 N–H and O–H groups in total. The average molecular weight is 379 g/mol. The summed E-state index contributed by atoms with van der Waals surface area (Å²) in [6.07, 6.45) is 0. The molecule has 1 unspecified atom stereocenters. The maximum Gasteiger partial charge on any atom is 0.244 e. The van der Waals surface area contributed by atoms with Gasteiger partial charge in [-0.15, -0.1) is 0 Å². The SMILES string of the molecule is CNCc1ccc(Br)c(S(=O)(=O)N2CCSCC2C)c1. The van der Waals surface area contributed by atoms with Crippen molar-refractivity contribution in [1.29, 1.82) is 0 Å². The van der Waals surface area contributed by atoms with Crippen LogP contribution in [0.25, 0.3) is 0 Å². The van der Waals surface area contributed by atoms with Crippen molar-refractivity contribution in [3.05, 3.63) is 28.2 Å². The lowest BCUT2D eigenvalue weighted by Gasteiger charge is -2.32. The third-order valence-corrected chi connectivity index (χ3v) is 7.47. The lowest BCUT2D eigenvalue weighted by atomic mass is 10.2. The van der Waals surface area contributed by atoms with Gasteiger partial charge in [0, 0.05) is 35.1 Å². The molecule has 0 bridgehead atoms. The molecule has 0 saturated carbocycles. The van der Waals surface area contributed by atoms with Crippen LogP contribution in [0.1, 0.15) is 12.5 Å². The molecule has 1 aliphatic heterocycles. The van der Waals surface area contributed by atoms with Crippen molar-refractivity contribution in [1.82, 2.24) is 9.62 Å². The van der Waals surface area contributed by atoms with Crippen LogP contribution in [0.4, 0.5) is 0 Å². The number of hydrogen-bond acceptors (Lipinski definition) is 4. The monoisotopic (exact) mass is 378 g/mol. The summed E-state index contributed by atoms with van der Waals surface area (Å²) >= 11 is 5.18. The van der Waals surface area contributed by atoms with E-state index in [1.165, 1.54) is 0 Å². The van der Waals surface area contributed by atoms with Crippen molar-refractivity contribution in [2.45, 2.75) is 24.4 Å². The predicted molar refractivity (Wildman–Crippen MR) is 87.6 cm³/mol. The topological polar surface area (TPSA) is 49.4 Å². The third-order valence-electron chi connectivity index (χ3n) is 3.27. The normalized spacial score (nSPS) is 21.1. The number of benzene rings is 1. The zero-order valence-electron chi connectivity index (χ0n) is 11.6. The maximum absolute atomic E-state index is 12.8. The molecule has 4 nitrogen and oxygen atoms in total. The van der Waals surface area contributed by atoms with Crippen molar-refractivity contribution in [2.75, 3.05) is 25.1 Å². The number of sulfonamides is 1. The van der Waals surface area contributed by atoms with Gasteiger partial charge in [0.1, 0.15) is 0 Å². The standard InChI is InChI=1S/C13H19BrN2O2S2/c1-10-9-19-6-5-16(10)20(17,18)13-7-11(8-15-2)3-4-12(13)14/h3-4,7,10,15H,5-6,8-9H2,1-2H3. The first kappa shape index (κ1) is 16.3. The summed E-state index contributed by atoms with van der Waals surface area (Å²) in [7, 11) is -1.59. The van der Waals surface area contributed by atoms with Gasteiger partial charge in [0.05, 0.1) is 4.90 Å². The predicted octanol–water partition coefficient (Wildman–Crippen LogP) is 2.29. The highest BCUT2D eigenvalue weighted by atomic mass is 79.9. The Morgan fingerprint density at radius 1 is 1.50 bits per heavy atom. The summed E-state index contributed by atoms with van der Waals surface area (Å²) < 4.78 is 27.9. The number of nitrogens with one attached hydrogen (secondary N) is 1. The average Bonchev–Trinajstić information content (AvgIpc) is 2.41. The Hall–Kier alpha value is -0.0800. The molecular weight excluding hydrogens is 360 g/mol. The van der Waals surface area contributed by atoms with Gasteiger partial charge >= 0.3 is 0 Å². The van der Waals surface area contributed by atoms with Crippen LogP contribution in [0.15, 0.2) is 27.6 Å². The van der Waals surface area contributed by atoms with Crippen molar-refractivity contribution in [3.63, 3.8) is 0 Å². The van der Waals surface area contributed by atoms with Crippen LogP contribution in [0.5, 0.6) is 0 Å². The van der Waals surface area contributed by atoms with Crippen LogP contribution in [-0.4, -0.2) is 43.9 Å². The van der Waals surface area contributed by atoms with Gasteiger partial charge in [-0.05, 0) is 47.6 Å². The minimum atomic E-state index is -3.44. The molecule has 1 aliphatic rings. The molecule has 0 aliphatic carbocycles. The Labute approximate surface area is 133 Å². The van der Waals surface area contributed by atoms with Gasteiger partial charge in [-0.25, -0.2) is 8.42 Å². The fraction of sp³-hybridized carbons (Fsp3) is 0.538. The zero-order valence-corrected chi connectivity index (χ0v) is 14.8. The Bertz CT molecular complexity index is 578. The second-order valence-corrected chi connectivity index (χ2v) is 8.70. The molecule has 1 aromatic rings. The molecule has 2 rings (SSSR count). The Morgan fingerprint density at radius 3 is 2.90 bits per heavy atom. The van der Waals surface area contributed by atoms with Crippen LogP contribution in [-0.2, 0) is 16.6 Å². The van der Waals surface area contributed by atoms with E-state index in [1.54, 1.807) is 22.1 Å². The summed E-state index contributed by atoms with van der Waals surface area (Å²) in [4.78, 5) is 0.365. The molecule has 7 heteroatoms. The molecule has 1 aromatic carbocycles. The molecule has 0 spiro atoms. The highest BCUT2D eigenvalue weighted by molar-refractivity contribution is 9.10. The van der Waals surface area contributed by atoms with E-state index in [4.69, 9.17) is 0 Å². The smallest absolute Gasteiger partial charge is 0.244 e. The zero-order chi connectivity index (χ0) is 14.8. The van der Waals surface area contributed by atoms with Crippen LogP contribution < -0.4 is 5.32 Å². The fourth-order valence-electron chi connectivity index (χ4n) is 2.25. The molecule has 1 fully saturated rings. The van der Waals surface area contributed by atoms with E-state index >= 15 is 0 Å². The second kappa shape index (κ2) is 6.79. The summed E-state index contributed by atoms with van der Waals surface area (Å²) in [5.41, 5.74) is 0.966. The number of hydrogen-bond donors (Lipinski definition) is 1. The molecule has 112 valence electrons. The van der Waals surface area contributed by atoms with E-state index < -0.39 is 10.0 Å². The minimum Gasteiger partial charge on any atom is -0.316 e. The summed E-state index contributed by atoms with van der Waals surface area (Å²) in [6, 6.07) is 5.53. The van der Waals surface area contributed by atoms with E-state index in [9.17, 15) is 8.42 Å². The summed E-state index contributed by atoms with van der Waals surface area (Å²) in [5, 5.41) is 3.04. The van der Waals surface area contributed by atoms with E-state index in [0.717, 1.165) is 17.1 Å². The molecule has 0 radical (unpaired) electrons.